The van der Waals surface area contributed by atoms with Crippen LogP contribution in [0.2, 0.25) is 0 Å². The van der Waals surface area contributed by atoms with Crippen LogP contribution in [-0.4, -0.2) is 31.7 Å². The maximum atomic E-state index is 11.1. The third-order valence-electron chi connectivity index (χ3n) is 4.12. The van der Waals surface area contributed by atoms with Crippen molar-refractivity contribution >= 4 is 5.91 Å². The van der Waals surface area contributed by atoms with Crippen LogP contribution in [0, 0.1) is 5.41 Å². The van der Waals surface area contributed by atoms with Crippen molar-refractivity contribution in [2.45, 2.75) is 58.0 Å². The molecule has 0 aromatic rings. The molecular formula is C14H28N2O2. The molecule has 0 aromatic carbocycles. The van der Waals surface area contributed by atoms with E-state index in [1.807, 2.05) is 0 Å². The monoisotopic (exact) mass is 256 g/mol. The standard InChI is InChI=1S/C14H28N2O2/c1-13(2)6-8-14(11-15,9-7-13)18-10-4-5-12(17)16-3/h4-11,15H2,1-3H3,(H,16,17). The minimum Gasteiger partial charge on any atom is -0.374 e. The van der Waals surface area contributed by atoms with Crippen molar-refractivity contribution in [1.29, 1.82) is 0 Å². The summed E-state index contributed by atoms with van der Waals surface area (Å²) in [5, 5.41) is 2.62. The highest BCUT2D eigenvalue weighted by atomic mass is 16.5. The first-order chi connectivity index (χ1) is 8.43. The van der Waals surface area contributed by atoms with E-state index in [1.165, 1.54) is 12.8 Å². The van der Waals surface area contributed by atoms with Gasteiger partial charge in [0.2, 0.25) is 5.91 Å². The van der Waals surface area contributed by atoms with E-state index >= 15 is 0 Å². The molecule has 1 aliphatic rings. The van der Waals surface area contributed by atoms with E-state index in [0.717, 1.165) is 19.3 Å². The molecule has 0 saturated heterocycles. The summed E-state index contributed by atoms with van der Waals surface area (Å²) in [4.78, 5) is 11.1. The zero-order valence-corrected chi connectivity index (χ0v) is 12.1. The summed E-state index contributed by atoms with van der Waals surface area (Å²) in [5.41, 5.74) is 6.17. The van der Waals surface area contributed by atoms with Crippen molar-refractivity contribution in [2.75, 3.05) is 20.2 Å². The Morgan fingerprint density at radius 1 is 1.28 bits per heavy atom. The minimum atomic E-state index is -0.141. The average Bonchev–Trinajstić information content (AvgIpc) is 2.36. The second-order valence-electron chi connectivity index (χ2n) is 6.18. The molecule has 1 rings (SSSR count). The molecule has 0 spiro atoms. The minimum absolute atomic E-state index is 0.0742. The molecule has 18 heavy (non-hydrogen) atoms. The number of ether oxygens (including phenoxy) is 1. The average molecular weight is 256 g/mol. The molecule has 1 amide bonds. The highest BCUT2D eigenvalue weighted by Crippen LogP contribution is 2.41. The van der Waals surface area contributed by atoms with Gasteiger partial charge in [-0.3, -0.25) is 4.79 Å². The van der Waals surface area contributed by atoms with Gasteiger partial charge in [0, 0.05) is 26.6 Å². The highest BCUT2D eigenvalue weighted by Gasteiger charge is 2.37. The van der Waals surface area contributed by atoms with Gasteiger partial charge in [0.05, 0.1) is 5.60 Å². The molecule has 1 aliphatic carbocycles. The Balaban J connectivity index is 2.31. The van der Waals surface area contributed by atoms with Crippen LogP contribution < -0.4 is 11.1 Å². The van der Waals surface area contributed by atoms with Gasteiger partial charge in [0.1, 0.15) is 0 Å². The van der Waals surface area contributed by atoms with E-state index in [4.69, 9.17) is 10.5 Å². The van der Waals surface area contributed by atoms with E-state index in [-0.39, 0.29) is 11.5 Å². The molecule has 0 radical (unpaired) electrons. The second kappa shape index (κ2) is 6.53. The highest BCUT2D eigenvalue weighted by molar-refractivity contribution is 5.75. The molecule has 0 heterocycles. The van der Waals surface area contributed by atoms with Crippen LogP contribution in [0.5, 0.6) is 0 Å². The molecule has 4 nitrogen and oxygen atoms in total. The molecule has 0 unspecified atom stereocenters. The van der Waals surface area contributed by atoms with Gasteiger partial charge in [-0.05, 0) is 37.5 Å². The number of carbonyl (C=O) groups excluding carboxylic acids is 1. The van der Waals surface area contributed by atoms with E-state index in [1.54, 1.807) is 7.05 Å². The van der Waals surface area contributed by atoms with Crippen molar-refractivity contribution in [3.63, 3.8) is 0 Å². The lowest BCUT2D eigenvalue weighted by atomic mass is 9.71. The number of carbonyl (C=O) groups is 1. The van der Waals surface area contributed by atoms with Gasteiger partial charge >= 0.3 is 0 Å². The fraction of sp³-hybridized carbons (Fsp3) is 0.929. The number of rotatable bonds is 6. The van der Waals surface area contributed by atoms with Crippen LogP contribution in [0.15, 0.2) is 0 Å². The molecule has 1 fully saturated rings. The summed E-state index contributed by atoms with van der Waals surface area (Å²) in [6, 6.07) is 0. The number of hydrogen-bond acceptors (Lipinski definition) is 3. The molecular weight excluding hydrogens is 228 g/mol. The quantitative estimate of drug-likeness (QED) is 0.713. The maximum Gasteiger partial charge on any atom is 0.219 e. The van der Waals surface area contributed by atoms with Gasteiger partial charge in [-0.2, -0.15) is 0 Å². The SMILES string of the molecule is CNC(=O)CCCOC1(CN)CCC(C)(C)CC1. The van der Waals surface area contributed by atoms with Crippen LogP contribution in [0.25, 0.3) is 0 Å². The largest absolute Gasteiger partial charge is 0.374 e. The lowest BCUT2D eigenvalue weighted by molar-refractivity contribution is -0.122. The number of hydrogen-bond donors (Lipinski definition) is 2. The van der Waals surface area contributed by atoms with Gasteiger partial charge in [-0.25, -0.2) is 0 Å². The number of nitrogens with two attached hydrogens (primary N) is 1. The predicted molar refractivity (Wildman–Crippen MR) is 73.3 cm³/mol. The van der Waals surface area contributed by atoms with E-state index in [0.29, 0.717) is 25.0 Å². The summed E-state index contributed by atoms with van der Waals surface area (Å²) >= 11 is 0. The maximum absolute atomic E-state index is 11.1. The Labute approximate surface area is 111 Å². The van der Waals surface area contributed by atoms with E-state index < -0.39 is 0 Å². The van der Waals surface area contributed by atoms with Gasteiger partial charge in [-0.15, -0.1) is 0 Å². The Morgan fingerprint density at radius 3 is 2.39 bits per heavy atom. The van der Waals surface area contributed by atoms with Crippen molar-refractivity contribution in [1.82, 2.24) is 5.32 Å². The smallest absolute Gasteiger partial charge is 0.219 e. The van der Waals surface area contributed by atoms with Gasteiger partial charge in [0.25, 0.3) is 0 Å². The summed E-state index contributed by atoms with van der Waals surface area (Å²) < 4.78 is 6.00. The molecule has 3 N–H and O–H groups in total. The third kappa shape index (κ3) is 4.58. The number of nitrogens with one attached hydrogen (secondary N) is 1. The second-order valence-corrected chi connectivity index (χ2v) is 6.18. The summed E-state index contributed by atoms with van der Waals surface area (Å²) in [5.74, 6) is 0.0742. The van der Waals surface area contributed by atoms with Crippen molar-refractivity contribution in [3.8, 4) is 0 Å². The third-order valence-corrected chi connectivity index (χ3v) is 4.12. The molecule has 0 aromatic heterocycles. The van der Waals surface area contributed by atoms with Gasteiger partial charge < -0.3 is 15.8 Å². The lowest BCUT2D eigenvalue weighted by Crippen LogP contribution is -2.45. The van der Waals surface area contributed by atoms with Gasteiger partial charge in [-0.1, -0.05) is 13.8 Å². The first-order valence-corrected chi connectivity index (χ1v) is 6.98. The first kappa shape index (κ1) is 15.4. The Kier molecular flexibility index (Phi) is 5.60. The zero-order chi connectivity index (χ0) is 13.6. The van der Waals surface area contributed by atoms with Crippen molar-refractivity contribution < 1.29 is 9.53 Å². The fourth-order valence-corrected chi connectivity index (χ4v) is 2.44. The normalized spacial score (nSPS) is 21.6. The molecule has 0 aliphatic heterocycles. The molecule has 0 atom stereocenters. The Morgan fingerprint density at radius 2 is 1.89 bits per heavy atom. The molecule has 0 bridgehead atoms. The lowest BCUT2D eigenvalue weighted by Gasteiger charge is -2.42. The topological polar surface area (TPSA) is 64.3 Å². The van der Waals surface area contributed by atoms with Crippen LogP contribution in [0.1, 0.15) is 52.4 Å². The van der Waals surface area contributed by atoms with Crippen LogP contribution in [0.3, 0.4) is 0 Å². The predicted octanol–water partition coefficient (Wildman–Crippen LogP) is 1.83. The first-order valence-electron chi connectivity index (χ1n) is 6.98. The van der Waals surface area contributed by atoms with Crippen LogP contribution in [0.4, 0.5) is 0 Å². The van der Waals surface area contributed by atoms with Gasteiger partial charge in [0.15, 0.2) is 0 Å². The Hall–Kier alpha value is -0.610. The summed E-state index contributed by atoms with van der Waals surface area (Å²) in [6.07, 6.45) is 5.71. The molecule has 1 saturated carbocycles. The summed E-state index contributed by atoms with van der Waals surface area (Å²) in [6.45, 7) is 5.83. The van der Waals surface area contributed by atoms with E-state index in [2.05, 4.69) is 19.2 Å². The fourth-order valence-electron chi connectivity index (χ4n) is 2.44. The molecule has 106 valence electrons. The van der Waals surface area contributed by atoms with Crippen molar-refractivity contribution in [2.24, 2.45) is 11.1 Å². The molecule has 4 heteroatoms. The zero-order valence-electron chi connectivity index (χ0n) is 12.1. The van der Waals surface area contributed by atoms with Crippen LogP contribution >= 0.6 is 0 Å². The van der Waals surface area contributed by atoms with Crippen LogP contribution in [-0.2, 0) is 9.53 Å². The van der Waals surface area contributed by atoms with Crippen molar-refractivity contribution in [3.05, 3.63) is 0 Å². The van der Waals surface area contributed by atoms with E-state index in [9.17, 15) is 4.79 Å². The Bertz CT molecular complexity index is 267. The summed E-state index contributed by atoms with van der Waals surface area (Å²) in [7, 11) is 1.66. The number of amides is 1.